The molecule has 26 heavy (non-hydrogen) atoms. The highest BCUT2D eigenvalue weighted by Crippen LogP contribution is 2.30. The van der Waals surface area contributed by atoms with Crippen molar-refractivity contribution >= 4 is 29.2 Å². The van der Waals surface area contributed by atoms with Crippen molar-refractivity contribution in [2.75, 3.05) is 0 Å². The highest BCUT2D eigenvalue weighted by atomic mass is 32.1. The Bertz CT molecular complexity index is 679. The summed E-state index contributed by atoms with van der Waals surface area (Å²) in [6, 6.07) is -0.399. The number of aryl methyl sites for hydroxylation is 1. The Kier molecular flexibility index (Phi) is 6.29. The van der Waals surface area contributed by atoms with E-state index < -0.39 is 24.0 Å². The number of carbonyl (C=O) groups excluding carboxylic acids is 3. The van der Waals surface area contributed by atoms with Crippen molar-refractivity contribution in [1.82, 2.24) is 10.6 Å². The number of amides is 3. The molecule has 0 saturated heterocycles. The van der Waals surface area contributed by atoms with Crippen LogP contribution in [0.25, 0.3) is 0 Å². The maximum absolute atomic E-state index is 12.4. The van der Waals surface area contributed by atoms with Gasteiger partial charge in [0, 0.05) is 16.3 Å². The molecule has 1 atom stereocenters. The van der Waals surface area contributed by atoms with Crippen LogP contribution in [0, 0.1) is 0 Å². The Morgan fingerprint density at radius 1 is 1.12 bits per heavy atom. The SMILES string of the molecule is C[C@@H](OC(=O)c1csc2c1CCCC2)C(=O)NC(=O)NC1CCCCC1. The quantitative estimate of drug-likeness (QED) is 0.787. The maximum atomic E-state index is 12.4. The van der Waals surface area contributed by atoms with Crippen molar-refractivity contribution in [3.05, 3.63) is 21.4 Å². The maximum Gasteiger partial charge on any atom is 0.340 e. The Morgan fingerprint density at radius 2 is 1.85 bits per heavy atom. The van der Waals surface area contributed by atoms with Crippen molar-refractivity contribution in [3.63, 3.8) is 0 Å². The number of fused-ring (bicyclic) bond motifs is 1. The zero-order valence-electron chi connectivity index (χ0n) is 15.1. The van der Waals surface area contributed by atoms with E-state index in [-0.39, 0.29) is 6.04 Å². The second kappa shape index (κ2) is 8.66. The molecule has 3 rings (SSSR count). The van der Waals surface area contributed by atoms with Gasteiger partial charge in [0.2, 0.25) is 0 Å². The van der Waals surface area contributed by atoms with Gasteiger partial charge < -0.3 is 10.1 Å². The van der Waals surface area contributed by atoms with E-state index in [4.69, 9.17) is 4.74 Å². The van der Waals surface area contributed by atoms with E-state index in [0.29, 0.717) is 5.56 Å². The number of urea groups is 1. The summed E-state index contributed by atoms with van der Waals surface area (Å²) in [6.45, 7) is 1.49. The molecular weight excluding hydrogens is 352 g/mol. The third kappa shape index (κ3) is 4.63. The number of ether oxygens (including phenoxy) is 1. The molecule has 0 radical (unpaired) electrons. The summed E-state index contributed by atoms with van der Waals surface area (Å²) in [5.74, 6) is -1.09. The van der Waals surface area contributed by atoms with Crippen molar-refractivity contribution < 1.29 is 19.1 Å². The minimum absolute atomic E-state index is 0.117. The lowest BCUT2D eigenvalue weighted by atomic mass is 9.96. The predicted molar refractivity (Wildman–Crippen MR) is 99.4 cm³/mol. The minimum atomic E-state index is -1.02. The fourth-order valence-corrected chi connectivity index (χ4v) is 4.74. The molecule has 1 heterocycles. The van der Waals surface area contributed by atoms with Gasteiger partial charge in [0.05, 0.1) is 5.56 Å². The molecule has 0 spiro atoms. The molecule has 1 aromatic heterocycles. The zero-order valence-corrected chi connectivity index (χ0v) is 16.0. The molecule has 2 aliphatic carbocycles. The molecule has 2 N–H and O–H groups in total. The molecule has 0 aliphatic heterocycles. The third-order valence-electron chi connectivity index (χ3n) is 5.11. The summed E-state index contributed by atoms with van der Waals surface area (Å²) in [4.78, 5) is 37.7. The van der Waals surface area contributed by atoms with Gasteiger partial charge in [-0.25, -0.2) is 9.59 Å². The number of hydrogen-bond donors (Lipinski definition) is 2. The van der Waals surface area contributed by atoms with Crippen LogP contribution >= 0.6 is 11.3 Å². The van der Waals surface area contributed by atoms with Crippen LogP contribution in [0.2, 0.25) is 0 Å². The van der Waals surface area contributed by atoms with Gasteiger partial charge in [-0.15, -0.1) is 11.3 Å². The molecule has 1 fully saturated rings. The number of rotatable bonds is 4. The smallest absolute Gasteiger partial charge is 0.340 e. The molecule has 0 bridgehead atoms. The predicted octanol–water partition coefficient (Wildman–Crippen LogP) is 3.33. The molecule has 2 aliphatic rings. The lowest BCUT2D eigenvalue weighted by molar-refractivity contribution is -0.127. The number of imide groups is 1. The molecule has 6 nitrogen and oxygen atoms in total. The average Bonchev–Trinajstić information content (AvgIpc) is 3.06. The summed E-state index contributed by atoms with van der Waals surface area (Å²) < 4.78 is 5.29. The van der Waals surface area contributed by atoms with Crippen LogP contribution in [0.5, 0.6) is 0 Å². The lowest BCUT2D eigenvalue weighted by Gasteiger charge is -2.23. The Morgan fingerprint density at radius 3 is 2.62 bits per heavy atom. The topological polar surface area (TPSA) is 84.5 Å². The summed E-state index contributed by atoms with van der Waals surface area (Å²) in [5, 5.41) is 6.91. The van der Waals surface area contributed by atoms with Crippen molar-refractivity contribution in [2.24, 2.45) is 0 Å². The van der Waals surface area contributed by atoms with E-state index in [1.54, 1.807) is 11.3 Å². The van der Waals surface area contributed by atoms with Crippen molar-refractivity contribution in [3.8, 4) is 0 Å². The standard InChI is InChI=1S/C19H26N2O4S/c1-12(17(22)21-19(24)20-13-7-3-2-4-8-13)25-18(23)15-11-26-16-10-6-5-9-14(15)16/h11-13H,2-10H2,1H3,(H2,20,21,22,24)/t12-/m1/s1. The summed E-state index contributed by atoms with van der Waals surface area (Å²) >= 11 is 1.58. The normalized spacial score (nSPS) is 18.5. The highest BCUT2D eigenvalue weighted by Gasteiger charge is 2.26. The Balaban J connectivity index is 1.49. The average molecular weight is 378 g/mol. The van der Waals surface area contributed by atoms with Crippen LogP contribution in [0.15, 0.2) is 5.38 Å². The first-order valence-electron chi connectivity index (χ1n) is 9.46. The zero-order chi connectivity index (χ0) is 18.5. The van der Waals surface area contributed by atoms with Gasteiger partial charge in [0.1, 0.15) is 0 Å². The number of nitrogens with one attached hydrogen (secondary N) is 2. The van der Waals surface area contributed by atoms with E-state index in [2.05, 4.69) is 10.6 Å². The molecule has 0 unspecified atom stereocenters. The van der Waals surface area contributed by atoms with Gasteiger partial charge in [-0.05, 0) is 51.0 Å². The van der Waals surface area contributed by atoms with Gasteiger partial charge in [-0.1, -0.05) is 19.3 Å². The number of thiophene rings is 1. The first-order chi connectivity index (χ1) is 12.5. The number of carbonyl (C=O) groups is 3. The summed E-state index contributed by atoms with van der Waals surface area (Å²) in [6.07, 6.45) is 8.36. The van der Waals surface area contributed by atoms with E-state index in [1.165, 1.54) is 18.2 Å². The van der Waals surface area contributed by atoms with Crippen LogP contribution in [0.1, 0.15) is 72.7 Å². The molecule has 3 amide bonds. The lowest BCUT2D eigenvalue weighted by Crippen LogP contribution is -2.48. The van der Waals surface area contributed by atoms with Gasteiger partial charge in [-0.3, -0.25) is 10.1 Å². The van der Waals surface area contributed by atoms with Crippen LogP contribution in [-0.2, 0) is 22.4 Å². The number of hydrogen-bond acceptors (Lipinski definition) is 5. The van der Waals surface area contributed by atoms with Crippen molar-refractivity contribution in [1.29, 1.82) is 0 Å². The Labute approximate surface area is 157 Å². The third-order valence-corrected chi connectivity index (χ3v) is 6.20. The molecule has 0 aromatic carbocycles. The second-order valence-electron chi connectivity index (χ2n) is 7.10. The molecule has 1 aromatic rings. The first-order valence-corrected chi connectivity index (χ1v) is 10.3. The molecule has 142 valence electrons. The van der Waals surface area contributed by atoms with Crippen molar-refractivity contribution in [2.45, 2.75) is 76.9 Å². The van der Waals surface area contributed by atoms with Crippen LogP contribution in [0.4, 0.5) is 4.79 Å². The first kappa shape index (κ1) is 18.9. The molecule has 7 heteroatoms. The van der Waals surface area contributed by atoms with Crippen LogP contribution < -0.4 is 10.6 Å². The fraction of sp³-hybridized carbons (Fsp3) is 0.632. The second-order valence-corrected chi connectivity index (χ2v) is 8.07. The van der Waals surface area contributed by atoms with E-state index >= 15 is 0 Å². The van der Waals surface area contributed by atoms with Gasteiger partial charge in [0.25, 0.3) is 5.91 Å². The van der Waals surface area contributed by atoms with Crippen LogP contribution in [0.3, 0.4) is 0 Å². The fourth-order valence-electron chi connectivity index (χ4n) is 3.62. The summed E-state index contributed by atoms with van der Waals surface area (Å²) in [7, 11) is 0. The van der Waals surface area contributed by atoms with E-state index in [9.17, 15) is 14.4 Å². The highest BCUT2D eigenvalue weighted by molar-refractivity contribution is 7.10. The summed E-state index contributed by atoms with van der Waals surface area (Å²) in [5.41, 5.74) is 1.63. The van der Waals surface area contributed by atoms with Gasteiger partial charge in [0.15, 0.2) is 6.10 Å². The number of esters is 1. The van der Waals surface area contributed by atoms with Gasteiger partial charge >= 0.3 is 12.0 Å². The monoisotopic (exact) mass is 378 g/mol. The molecule has 1 saturated carbocycles. The Hall–Kier alpha value is -1.89. The van der Waals surface area contributed by atoms with E-state index in [0.717, 1.165) is 56.9 Å². The van der Waals surface area contributed by atoms with E-state index in [1.807, 2.05) is 5.38 Å². The van der Waals surface area contributed by atoms with Crippen LogP contribution in [-0.4, -0.2) is 30.1 Å². The molecular formula is C19H26N2O4S. The minimum Gasteiger partial charge on any atom is -0.449 e. The largest absolute Gasteiger partial charge is 0.449 e. The van der Waals surface area contributed by atoms with Gasteiger partial charge in [-0.2, -0.15) is 0 Å².